The predicted molar refractivity (Wildman–Crippen MR) is 179 cm³/mol. The first-order valence-electron chi connectivity index (χ1n) is 15.3. The van der Waals surface area contributed by atoms with Gasteiger partial charge < -0.3 is 19.3 Å². The molecule has 1 fully saturated rings. The number of hydrogen-bond donors (Lipinski definition) is 1. The summed E-state index contributed by atoms with van der Waals surface area (Å²) >= 11 is 2.73. The van der Waals surface area contributed by atoms with Crippen LogP contribution in [-0.2, 0) is 21.8 Å². The van der Waals surface area contributed by atoms with Crippen LogP contribution in [0, 0.1) is 6.92 Å². The molecule has 46 heavy (non-hydrogen) atoms. The first-order chi connectivity index (χ1) is 22.3. The van der Waals surface area contributed by atoms with E-state index in [0.29, 0.717) is 52.4 Å². The number of fused-ring (bicyclic) bond motifs is 1. The number of aromatic nitrogens is 2. The summed E-state index contributed by atoms with van der Waals surface area (Å²) in [5, 5.41) is 20.7. The number of ether oxygens (including phenoxy) is 3. The van der Waals surface area contributed by atoms with E-state index >= 15 is 0 Å². The number of ketones is 1. The Balaban J connectivity index is 1.42. The highest BCUT2D eigenvalue weighted by atomic mass is 32.2. The van der Waals surface area contributed by atoms with Gasteiger partial charge in [0.1, 0.15) is 17.6 Å². The van der Waals surface area contributed by atoms with Crippen LogP contribution in [0.5, 0.6) is 17.2 Å². The monoisotopic (exact) mass is 657 g/mol. The van der Waals surface area contributed by atoms with Gasteiger partial charge in [-0.2, -0.15) is 0 Å². The fourth-order valence-electron chi connectivity index (χ4n) is 5.55. The molecular weight excluding hydrogens is 623 g/mol. The van der Waals surface area contributed by atoms with Gasteiger partial charge in [0.25, 0.3) is 5.78 Å². The highest BCUT2D eigenvalue weighted by Crippen LogP contribution is 2.46. The molecule has 0 spiro atoms. The number of carbonyl (C=O) groups excluding carboxylic acids is 2. The Bertz CT molecular complexity index is 1800. The molecule has 4 aromatic rings. The number of hydrogen-bond acceptors (Lipinski definition) is 10. The minimum absolute atomic E-state index is 0.0129. The minimum Gasteiger partial charge on any atom is -0.507 e. The van der Waals surface area contributed by atoms with Gasteiger partial charge in [-0.25, -0.2) is 0 Å². The van der Waals surface area contributed by atoms with Crippen LogP contribution in [0.4, 0.5) is 5.13 Å². The lowest BCUT2D eigenvalue weighted by molar-refractivity contribution is -0.132. The standard InChI is InChI=1S/C35H35N3O6S2/c1-5-15-43-27-14-11-23(18-28(27)42-6-2)30-29(31(39)24-12-13-26-25(17-24)16-21(4)44-26)32(40)33(41)38(30)34-36-37-35(46-34)45-19-22-9-7-20(3)8-10-22/h7-14,17-18,21,30,39H,5-6,15-16,19H2,1-4H3/t21-,30-/m0/s1. The van der Waals surface area contributed by atoms with Gasteiger partial charge in [-0.05, 0) is 74.2 Å². The summed E-state index contributed by atoms with van der Waals surface area (Å²) in [7, 11) is 0. The molecule has 0 aliphatic carbocycles. The van der Waals surface area contributed by atoms with Gasteiger partial charge in [0.2, 0.25) is 5.13 Å². The van der Waals surface area contributed by atoms with E-state index in [0.717, 1.165) is 23.3 Å². The largest absolute Gasteiger partial charge is 0.507 e. The lowest BCUT2D eigenvalue weighted by Gasteiger charge is -2.23. The Morgan fingerprint density at radius 3 is 2.61 bits per heavy atom. The van der Waals surface area contributed by atoms with Crippen LogP contribution in [-0.4, -0.2) is 46.3 Å². The maximum absolute atomic E-state index is 13.8. The van der Waals surface area contributed by atoms with Crippen LogP contribution in [0.2, 0.25) is 0 Å². The number of anilines is 1. The van der Waals surface area contributed by atoms with Crippen molar-refractivity contribution in [3.05, 3.63) is 94.1 Å². The Labute approximate surface area is 276 Å². The van der Waals surface area contributed by atoms with E-state index in [2.05, 4.69) is 34.5 Å². The zero-order chi connectivity index (χ0) is 32.4. The molecule has 9 nitrogen and oxygen atoms in total. The fraction of sp³-hybridized carbons (Fsp3) is 0.314. The molecule has 0 radical (unpaired) electrons. The van der Waals surface area contributed by atoms with Crippen LogP contribution < -0.4 is 19.1 Å². The molecule has 6 rings (SSSR count). The number of carbonyl (C=O) groups is 2. The number of rotatable bonds is 11. The molecule has 0 bridgehead atoms. The third-order valence-corrected chi connectivity index (χ3v) is 9.87. The van der Waals surface area contributed by atoms with Gasteiger partial charge in [-0.3, -0.25) is 14.5 Å². The molecule has 2 atom stereocenters. The van der Waals surface area contributed by atoms with Crippen LogP contribution in [0.3, 0.4) is 0 Å². The van der Waals surface area contributed by atoms with E-state index in [1.165, 1.54) is 33.6 Å². The summed E-state index contributed by atoms with van der Waals surface area (Å²) in [6, 6.07) is 17.9. The normalized spacial score (nSPS) is 18.5. The number of thioether (sulfide) groups is 1. The van der Waals surface area contributed by atoms with E-state index in [1.54, 1.807) is 30.3 Å². The van der Waals surface area contributed by atoms with Gasteiger partial charge >= 0.3 is 5.91 Å². The van der Waals surface area contributed by atoms with Crippen molar-refractivity contribution in [2.24, 2.45) is 0 Å². The minimum atomic E-state index is -0.981. The summed E-state index contributed by atoms with van der Waals surface area (Å²) < 4.78 is 18.3. The lowest BCUT2D eigenvalue weighted by atomic mass is 9.94. The Kier molecular flexibility index (Phi) is 9.32. The molecule has 3 aromatic carbocycles. The van der Waals surface area contributed by atoms with Crippen molar-refractivity contribution in [2.45, 2.75) is 62.8 Å². The number of nitrogens with zero attached hydrogens (tertiary/aromatic N) is 3. The number of aliphatic hydroxyl groups excluding tert-OH is 1. The van der Waals surface area contributed by atoms with Gasteiger partial charge in [0, 0.05) is 17.7 Å². The summed E-state index contributed by atoms with van der Waals surface area (Å²) in [6.07, 6.45) is 1.51. The summed E-state index contributed by atoms with van der Waals surface area (Å²) in [5.74, 6) is 0.596. The van der Waals surface area contributed by atoms with Gasteiger partial charge in [-0.1, -0.05) is 65.9 Å². The molecule has 3 heterocycles. The highest BCUT2D eigenvalue weighted by molar-refractivity contribution is 8.00. The third kappa shape index (κ3) is 6.34. The van der Waals surface area contributed by atoms with Crippen molar-refractivity contribution < 1.29 is 28.9 Å². The van der Waals surface area contributed by atoms with Crippen molar-refractivity contribution in [3.63, 3.8) is 0 Å². The van der Waals surface area contributed by atoms with Crippen LogP contribution in [0.15, 0.2) is 70.6 Å². The zero-order valence-corrected chi connectivity index (χ0v) is 27.7. The smallest absolute Gasteiger partial charge is 0.301 e. The number of aryl methyl sites for hydroxylation is 1. The van der Waals surface area contributed by atoms with Gasteiger partial charge in [0.05, 0.1) is 24.8 Å². The molecule has 2 aliphatic heterocycles. The van der Waals surface area contributed by atoms with Crippen molar-refractivity contribution in [3.8, 4) is 17.2 Å². The van der Waals surface area contributed by atoms with Crippen molar-refractivity contribution in [2.75, 3.05) is 18.1 Å². The van der Waals surface area contributed by atoms with Gasteiger partial charge in [-0.15, -0.1) is 10.2 Å². The molecule has 2 aliphatic rings. The quantitative estimate of drug-likeness (QED) is 0.0585. The Morgan fingerprint density at radius 2 is 1.85 bits per heavy atom. The molecule has 0 unspecified atom stereocenters. The first kappa shape index (κ1) is 31.6. The van der Waals surface area contributed by atoms with E-state index in [-0.39, 0.29) is 22.6 Å². The number of Topliss-reactive ketones (excluding diaryl/α,β-unsaturated/α-hetero) is 1. The number of benzene rings is 3. The fourth-order valence-corrected chi connectivity index (χ4v) is 7.38. The Morgan fingerprint density at radius 1 is 1.04 bits per heavy atom. The molecule has 1 saturated heterocycles. The van der Waals surface area contributed by atoms with Crippen molar-refractivity contribution >= 4 is 45.7 Å². The lowest BCUT2D eigenvalue weighted by Crippen LogP contribution is -2.29. The molecule has 11 heteroatoms. The van der Waals surface area contributed by atoms with Crippen LogP contribution in [0.25, 0.3) is 5.76 Å². The molecule has 1 aromatic heterocycles. The van der Waals surface area contributed by atoms with Crippen molar-refractivity contribution in [1.82, 2.24) is 10.2 Å². The second-order valence-corrected chi connectivity index (χ2v) is 13.4. The second-order valence-electron chi connectivity index (χ2n) is 11.2. The number of amides is 1. The average Bonchev–Trinajstić information content (AvgIpc) is 3.74. The SMILES string of the molecule is CCCOc1ccc([C@H]2C(=C(O)c3ccc4c(c3)C[C@H](C)O4)C(=O)C(=O)N2c2nnc(SCc3ccc(C)cc3)s2)cc1OCC. The Hall–Kier alpha value is -4.35. The number of aliphatic hydroxyl groups is 1. The molecule has 1 N–H and O–H groups in total. The van der Waals surface area contributed by atoms with Gasteiger partial charge in [0.15, 0.2) is 15.8 Å². The molecular formula is C35H35N3O6S2. The molecule has 1 amide bonds. The topological polar surface area (TPSA) is 111 Å². The summed E-state index contributed by atoms with van der Waals surface area (Å²) in [6.45, 7) is 8.80. The van der Waals surface area contributed by atoms with E-state index in [4.69, 9.17) is 14.2 Å². The maximum Gasteiger partial charge on any atom is 0.301 e. The summed E-state index contributed by atoms with van der Waals surface area (Å²) in [4.78, 5) is 28.9. The average molecular weight is 658 g/mol. The summed E-state index contributed by atoms with van der Waals surface area (Å²) in [5.41, 5.74) is 4.20. The van der Waals surface area contributed by atoms with E-state index in [9.17, 15) is 14.7 Å². The first-order valence-corrected chi connectivity index (χ1v) is 17.1. The molecule has 238 valence electrons. The van der Waals surface area contributed by atoms with Crippen LogP contribution >= 0.6 is 23.1 Å². The van der Waals surface area contributed by atoms with Crippen LogP contribution in [0.1, 0.15) is 61.1 Å². The molecule has 0 saturated carbocycles. The maximum atomic E-state index is 13.8. The van der Waals surface area contributed by atoms with Crippen molar-refractivity contribution in [1.29, 1.82) is 0 Å². The highest BCUT2D eigenvalue weighted by Gasteiger charge is 2.48. The van der Waals surface area contributed by atoms with E-state index < -0.39 is 17.7 Å². The predicted octanol–water partition coefficient (Wildman–Crippen LogP) is 7.28. The van der Waals surface area contributed by atoms with E-state index in [1.807, 2.05) is 33.8 Å². The third-order valence-electron chi connectivity index (χ3n) is 7.74. The zero-order valence-electron chi connectivity index (χ0n) is 26.1. The second kappa shape index (κ2) is 13.6.